The van der Waals surface area contributed by atoms with Crippen LogP contribution in [0, 0.1) is 11.8 Å². The smallest absolute Gasteiger partial charge is 0.130 e. The van der Waals surface area contributed by atoms with Crippen LogP contribution in [-0.2, 0) is 9.53 Å². The minimum absolute atomic E-state index is 0.349. The van der Waals surface area contributed by atoms with E-state index in [0.29, 0.717) is 29.8 Å². The zero-order valence-corrected chi connectivity index (χ0v) is 9.87. The number of ketones is 1. The van der Waals surface area contributed by atoms with Crippen LogP contribution in [-0.4, -0.2) is 18.0 Å². The third kappa shape index (κ3) is 2.41. The van der Waals surface area contributed by atoms with Crippen LogP contribution in [0.2, 0.25) is 0 Å². The molecule has 1 heterocycles. The second-order valence-electron chi connectivity index (χ2n) is 5.24. The predicted octanol–water partition coefficient (Wildman–Crippen LogP) is 2.95. The zero-order chi connectivity index (χ0) is 10.8. The van der Waals surface area contributed by atoms with E-state index in [4.69, 9.17) is 4.74 Å². The summed E-state index contributed by atoms with van der Waals surface area (Å²) in [7, 11) is 0. The highest BCUT2D eigenvalue weighted by Gasteiger charge is 2.46. The fourth-order valence-corrected chi connectivity index (χ4v) is 3.31. The molecule has 0 amide bonds. The molecule has 15 heavy (non-hydrogen) atoms. The second kappa shape index (κ2) is 4.65. The van der Waals surface area contributed by atoms with E-state index in [1.807, 2.05) is 0 Å². The number of ether oxygens (including phenoxy) is 1. The van der Waals surface area contributed by atoms with Crippen LogP contribution in [0.5, 0.6) is 0 Å². The van der Waals surface area contributed by atoms with Crippen molar-refractivity contribution in [3.8, 4) is 0 Å². The molecule has 2 nitrogen and oxygen atoms in total. The molecule has 2 aliphatic rings. The molecule has 2 fully saturated rings. The molecule has 2 heteroatoms. The molecule has 0 unspecified atom stereocenters. The molecule has 1 saturated heterocycles. The van der Waals surface area contributed by atoms with E-state index in [0.717, 1.165) is 12.8 Å². The fraction of sp³-hybridized carbons (Fsp3) is 0.923. The van der Waals surface area contributed by atoms with Gasteiger partial charge in [0.25, 0.3) is 0 Å². The topological polar surface area (TPSA) is 26.3 Å². The number of carbonyl (C=O) groups excluding carboxylic acids is 1. The Bertz CT molecular complexity index is 237. The molecule has 1 aliphatic heterocycles. The first-order chi connectivity index (χ1) is 7.20. The van der Waals surface area contributed by atoms with Gasteiger partial charge in [-0.2, -0.15) is 0 Å². The lowest BCUT2D eigenvalue weighted by molar-refractivity contribution is -0.119. The van der Waals surface area contributed by atoms with Gasteiger partial charge in [0.1, 0.15) is 5.78 Å². The first-order valence-electron chi connectivity index (χ1n) is 6.35. The van der Waals surface area contributed by atoms with Gasteiger partial charge in [-0.15, -0.1) is 0 Å². The predicted molar refractivity (Wildman–Crippen MR) is 59.7 cm³/mol. The van der Waals surface area contributed by atoms with Gasteiger partial charge in [0, 0.05) is 6.42 Å². The lowest BCUT2D eigenvalue weighted by Gasteiger charge is -2.29. The largest absolute Gasteiger partial charge is 0.375 e. The van der Waals surface area contributed by atoms with Crippen LogP contribution in [0.15, 0.2) is 0 Å². The molecule has 0 aromatic carbocycles. The van der Waals surface area contributed by atoms with Gasteiger partial charge in [0.05, 0.1) is 12.2 Å². The van der Waals surface area contributed by atoms with Gasteiger partial charge in [-0.3, -0.25) is 0 Å². The monoisotopic (exact) mass is 210 g/mol. The molecule has 1 saturated carbocycles. The van der Waals surface area contributed by atoms with Crippen molar-refractivity contribution < 1.29 is 9.53 Å². The summed E-state index contributed by atoms with van der Waals surface area (Å²) in [5.41, 5.74) is 0. The van der Waals surface area contributed by atoms with Crippen molar-refractivity contribution in [3.63, 3.8) is 0 Å². The number of fused-ring (bicyclic) bond motifs is 2. The lowest BCUT2D eigenvalue weighted by Crippen LogP contribution is -2.29. The fourth-order valence-electron chi connectivity index (χ4n) is 3.31. The van der Waals surface area contributed by atoms with Gasteiger partial charge < -0.3 is 9.53 Å². The second-order valence-corrected chi connectivity index (χ2v) is 5.24. The quantitative estimate of drug-likeness (QED) is 0.697. The lowest BCUT2D eigenvalue weighted by atomic mass is 9.85. The molecule has 86 valence electrons. The molecule has 0 spiro atoms. The molecule has 0 aromatic rings. The minimum atomic E-state index is 0.349. The number of unbranched alkanes of at least 4 members (excludes halogenated alkanes) is 1. The molecule has 0 aromatic heterocycles. The van der Waals surface area contributed by atoms with Gasteiger partial charge in [-0.05, 0) is 38.0 Å². The van der Waals surface area contributed by atoms with Gasteiger partial charge in [-0.25, -0.2) is 0 Å². The Morgan fingerprint density at radius 1 is 1.40 bits per heavy atom. The number of rotatable bonds is 5. The summed E-state index contributed by atoms with van der Waals surface area (Å²) in [4.78, 5) is 11.2. The van der Waals surface area contributed by atoms with Crippen molar-refractivity contribution in [2.75, 3.05) is 0 Å². The Hall–Kier alpha value is -0.370. The molecular weight excluding hydrogens is 188 g/mol. The van der Waals surface area contributed by atoms with Crippen LogP contribution in [0.1, 0.15) is 52.4 Å². The van der Waals surface area contributed by atoms with Crippen LogP contribution in [0.3, 0.4) is 0 Å². The first-order valence-corrected chi connectivity index (χ1v) is 6.35. The zero-order valence-electron chi connectivity index (χ0n) is 9.87. The van der Waals surface area contributed by atoms with Crippen LogP contribution < -0.4 is 0 Å². The summed E-state index contributed by atoms with van der Waals surface area (Å²) in [5, 5.41) is 0. The summed E-state index contributed by atoms with van der Waals surface area (Å²) in [6.07, 6.45) is 7.78. The van der Waals surface area contributed by atoms with Crippen LogP contribution in [0.25, 0.3) is 0 Å². The van der Waals surface area contributed by atoms with Gasteiger partial charge in [0.2, 0.25) is 0 Å². The maximum atomic E-state index is 11.2. The third-order valence-corrected chi connectivity index (χ3v) is 3.94. The molecule has 1 aliphatic carbocycles. The van der Waals surface area contributed by atoms with Crippen molar-refractivity contribution in [1.29, 1.82) is 0 Å². The number of hydrogen-bond donors (Lipinski definition) is 0. The summed E-state index contributed by atoms with van der Waals surface area (Å²) < 4.78 is 5.96. The van der Waals surface area contributed by atoms with Crippen molar-refractivity contribution in [2.24, 2.45) is 11.8 Å². The summed E-state index contributed by atoms with van der Waals surface area (Å²) in [6, 6.07) is 0. The average molecular weight is 210 g/mol. The molecular formula is C13H22O2. The van der Waals surface area contributed by atoms with Crippen molar-refractivity contribution in [2.45, 2.75) is 64.6 Å². The molecule has 2 bridgehead atoms. The Morgan fingerprint density at radius 3 is 2.80 bits per heavy atom. The van der Waals surface area contributed by atoms with E-state index in [1.165, 1.54) is 25.7 Å². The Kier molecular flexibility index (Phi) is 3.45. The minimum Gasteiger partial charge on any atom is -0.375 e. The van der Waals surface area contributed by atoms with E-state index >= 15 is 0 Å². The summed E-state index contributed by atoms with van der Waals surface area (Å²) in [5.74, 6) is 1.66. The standard InChI is InChI=1S/C13H22O2/c1-3-4-5-13-12-8-11(15-13)7-10(12)6-9(2)14/h10-13H,3-8H2,1-2H3/t10-,11-,12-,13-/m0/s1. The van der Waals surface area contributed by atoms with Gasteiger partial charge >= 0.3 is 0 Å². The van der Waals surface area contributed by atoms with Crippen molar-refractivity contribution in [1.82, 2.24) is 0 Å². The molecule has 4 atom stereocenters. The maximum absolute atomic E-state index is 11.2. The molecule has 0 radical (unpaired) electrons. The number of Topliss-reactive ketones (excluding diaryl/α,β-unsaturated/α-hetero) is 1. The van der Waals surface area contributed by atoms with Crippen LogP contribution in [0.4, 0.5) is 0 Å². The van der Waals surface area contributed by atoms with Crippen LogP contribution >= 0.6 is 0 Å². The van der Waals surface area contributed by atoms with Crippen molar-refractivity contribution in [3.05, 3.63) is 0 Å². The SMILES string of the molecule is CCCC[C@@H]1O[C@H]2C[C@H](CC(C)=O)[C@@H]1C2. The average Bonchev–Trinajstić information content (AvgIpc) is 2.72. The normalized spacial score (nSPS) is 38.5. The maximum Gasteiger partial charge on any atom is 0.130 e. The highest BCUT2D eigenvalue weighted by atomic mass is 16.5. The summed E-state index contributed by atoms with van der Waals surface area (Å²) >= 11 is 0. The molecule has 2 rings (SSSR count). The van der Waals surface area contributed by atoms with Gasteiger partial charge in [-0.1, -0.05) is 19.8 Å². The van der Waals surface area contributed by atoms with Gasteiger partial charge in [0.15, 0.2) is 0 Å². The number of carbonyl (C=O) groups is 1. The van der Waals surface area contributed by atoms with E-state index in [2.05, 4.69) is 6.92 Å². The molecule has 0 N–H and O–H groups in total. The van der Waals surface area contributed by atoms with E-state index in [-0.39, 0.29) is 0 Å². The van der Waals surface area contributed by atoms with E-state index in [1.54, 1.807) is 6.92 Å². The highest BCUT2D eigenvalue weighted by molar-refractivity contribution is 5.75. The summed E-state index contributed by atoms with van der Waals surface area (Å²) in [6.45, 7) is 3.94. The van der Waals surface area contributed by atoms with E-state index in [9.17, 15) is 4.79 Å². The Balaban J connectivity index is 1.88. The first kappa shape index (κ1) is 11.1. The highest BCUT2D eigenvalue weighted by Crippen LogP contribution is 2.47. The number of hydrogen-bond acceptors (Lipinski definition) is 2. The van der Waals surface area contributed by atoms with Crippen molar-refractivity contribution >= 4 is 5.78 Å². The Morgan fingerprint density at radius 2 is 2.20 bits per heavy atom. The van der Waals surface area contributed by atoms with E-state index < -0.39 is 0 Å². The Labute approximate surface area is 92.4 Å². The third-order valence-electron chi connectivity index (χ3n) is 3.94.